The molecule has 3 N–H and O–H groups in total. The number of nitrogens with zero attached hydrogens (tertiary/aromatic N) is 2. The zero-order chi connectivity index (χ0) is 13.0. The molecule has 0 spiro atoms. The van der Waals surface area contributed by atoms with Crippen LogP contribution in [0.4, 0.5) is 10.8 Å². The molecule has 7 heteroatoms. The Morgan fingerprint density at radius 1 is 1.50 bits per heavy atom. The van der Waals surface area contributed by atoms with Crippen LogP contribution in [0.2, 0.25) is 0 Å². The van der Waals surface area contributed by atoms with E-state index in [-0.39, 0.29) is 5.97 Å². The summed E-state index contributed by atoms with van der Waals surface area (Å²) in [7, 11) is 1.35. The van der Waals surface area contributed by atoms with Crippen molar-refractivity contribution in [2.24, 2.45) is 5.73 Å². The predicted molar refractivity (Wildman–Crippen MR) is 68.9 cm³/mol. The standard InChI is InChI=1S/C11H12N4O2S/c1-17-10(16)7-3-2-4-8(5-7)13-11-15-14-9(6-12)18-11/h2-5H,6,12H2,1H3,(H,13,15). The summed E-state index contributed by atoms with van der Waals surface area (Å²) in [6.07, 6.45) is 0. The zero-order valence-electron chi connectivity index (χ0n) is 9.71. The Kier molecular flexibility index (Phi) is 3.85. The van der Waals surface area contributed by atoms with Gasteiger partial charge in [-0.15, -0.1) is 10.2 Å². The van der Waals surface area contributed by atoms with Crippen LogP contribution in [0.15, 0.2) is 24.3 Å². The SMILES string of the molecule is COC(=O)c1cccc(Nc2nnc(CN)s2)c1. The number of carbonyl (C=O) groups excluding carboxylic acids is 1. The Morgan fingerprint density at radius 2 is 2.33 bits per heavy atom. The Hall–Kier alpha value is -1.99. The van der Waals surface area contributed by atoms with Gasteiger partial charge in [-0.3, -0.25) is 0 Å². The number of aromatic nitrogens is 2. The number of benzene rings is 1. The van der Waals surface area contributed by atoms with E-state index in [2.05, 4.69) is 20.3 Å². The zero-order valence-corrected chi connectivity index (χ0v) is 10.5. The minimum absolute atomic E-state index is 0.363. The van der Waals surface area contributed by atoms with Crippen LogP contribution in [0.5, 0.6) is 0 Å². The van der Waals surface area contributed by atoms with Gasteiger partial charge in [0, 0.05) is 12.2 Å². The molecule has 0 saturated heterocycles. The number of rotatable bonds is 4. The molecule has 18 heavy (non-hydrogen) atoms. The lowest BCUT2D eigenvalue weighted by molar-refractivity contribution is 0.0601. The van der Waals surface area contributed by atoms with Crippen molar-refractivity contribution in [2.45, 2.75) is 6.54 Å². The molecular weight excluding hydrogens is 252 g/mol. The Morgan fingerprint density at radius 3 is 3.00 bits per heavy atom. The molecule has 1 aromatic heterocycles. The maximum atomic E-state index is 11.4. The average Bonchev–Trinajstić information content (AvgIpc) is 2.86. The van der Waals surface area contributed by atoms with Crippen molar-refractivity contribution in [2.75, 3.05) is 12.4 Å². The molecule has 0 bridgehead atoms. The van der Waals surface area contributed by atoms with E-state index in [4.69, 9.17) is 5.73 Å². The van der Waals surface area contributed by atoms with Gasteiger partial charge >= 0.3 is 5.97 Å². The Bertz CT molecular complexity index is 555. The molecule has 0 atom stereocenters. The normalized spacial score (nSPS) is 10.1. The van der Waals surface area contributed by atoms with Crippen LogP contribution in [-0.2, 0) is 11.3 Å². The summed E-state index contributed by atoms with van der Waals surface area (Å²) in [5.41, 5.74) is 6.68. The lowest BCUT2D eigenvalue weighted by Gasteiger charge is -2.04. The van der Waals surface area contributed by atoms with Crippen molar-refractivity contribution >= 4 is 28.1 Å². The van der Waals surface area contributed by atoms with Crippen LogP contribution in [0, 0.1) is 0 Å². The van der Waals surface area contributed by atoms with Gasteiger partial charge in [0.25, 0.3) is 0 Å². The highest BCUT2D eigenvalue weighted by Gasteiger charge is 2.07. The second-order valence-electron chi connectivity index (χ2n) is 3.40. The van der Waals surface area contributed by atoms with Gasteiger partial charge in [-0.05, 0) is 18.2 Å². The van der Waals surface area contributed by atoms with Crippen molar-refractivity contribution in [1.82, 2.24) is 10.2 Å². The maximum absolute atomic E-state index is 11.4. The smallest absolute Gasteiger partial charge is 0.337 e. The fourth-order valence-corrected chi connectivity index (χ4v) is 1.99. The lowest BCUT2D eigenvalue weighted by Crippen LogP contribution is -2.01. The number of anilines is 2. The van der Waals surface area contributed by atoms with Crippen molar-refractivity contribution in [3.8, 4) is 0 Å². The number of nitrogens with two attached hydrogens (primary N) is 1. The van der Waals surface area contributed by atoms with Crippen molar-refractivity contribution in [1.29, 1.82) is 0 Å². The van der Waals surface area contributed by atoms with Crippen LogP contribution in [-0.4, -0.2) is 23.3 Å². The van der Waals surface area contributed by atoms with Crippen LogP contribution in [0.1, 0.15) is 15.4 Å². The molecule has 2 aromatic rings. The molecule has 0 unspecified atom stereocenters. The van der Waals surface area contributed by atoms with Gasteiger partial charge in [0.15, 0.2) is 0 Å². The second-order valence-corrected chi connectivity index (χ2v) is 4.46. The Balaban J connectivity index is 2.16. The van der Waals surface area contributed by atoms with E-state index < -0.39 is 0 Å². The molecule has 0 saturated carbocycles. The van der Waals surface area contributed by atoms with Gasteiger partial charge in [0.1, 0.15) is 5.01 Å². The summed E-state index contributed by atoms with van der Waals surface area (Å²) < 4.78 is 4.65. The lowest BCUT2D eigenvalue weighted by atomic mass is 10.2. The van der Waals surface area contributed by atoms with E-state index in [1.54, 1.807) is 18.2 Å². The van der Waals surface area contributed by atoms with E-state index in [0.717, 1.165) is 10.7 Å². The average molecular weight is 264 g/mol. The number of hydrogen-bond donors (Lipinski definition) is 2. The first kappa shape index (κ1) is 12.5. The van der Waals surface area contributed by atoms with Crippen LogP contribution in [0.3, 0.4) is 0 Å². The van der Waals surface area contributed by atoms with Gasteiger partial charge in [0.05, 0.1) is 12.7 Å². The Labute approximate surface area is 108 Å². The van der Waals surface area contributed by atoms with Crippen LogP contribution in [0.25, 0.3) is 0 Å². The third-order valence-electron chi connectivity index (χ3n) is 2.18. The van der Waals surface area contributed by atoms with Gasteiger partial charge in [0.2, 0.25) is 5.13 Å². The highest BCUT2D eigenvalue weighted by molar-refractivity contribution is 7.15. The highest BCUT2D eigenvalue weighted by atomic mass is 32.1. The minimum Gasteiger partial charge on any atom is -0.465 e. The first-order chi connectivity index (χ1) is 8.72. The molecule has 6 nitrogen and oxygen atoms in total. The summed E-state index contributed by atoms with van der Waals surface area (Å²) in [6, 6.07) is 6.97. The molecule has 0 radical (unpaired) electrons. The number of nitrogens with one attached hydrogen (secondary N) is 1. The number of ether oxygens (including phenoxy) is 1. The predicted octanol–water partition coefficient (Wildman–Crippen LogP) is 1.53. The summed E-state index contributed by atoms with van der Waals surface area (Å²) >= 11 is 1.37. The van der Waals surface area contributed by atoms with Gasteiger partial charge < -0.3 is 15.8 Å². The molecule has 0 aliphatic heterocycles. The third kappa shape index (κ3) is 2.82. The number of carbonyl (C=O) groups is 1. The monoisotopic (exact) mass is 264 g/mol. The number of methoxy groups -OCH3 is 1. The fraction of sp³-hybridized carbons (Fsp3) is 0.182. The first-order valence-corrected chi connectivity index (χ1v) is 6.02. The molecule has 0 fully saturated rings. The van der Waals surface area contributed by atoms with Crippen LogP contribution >= 0.6 is 11.3 Å². The minimum atomic E-state index is -0.376. The molecule has 0 aliphatic rings. The topological polar surface area (TPSA) is 90.1 Å². The van der Waals surface area contributed by atoms with Gasteiger partial charge in [-0.25, -0.2) is 4.79 Å². The molecule has 0 amide bonds. The fourth-order valence-electron chi connectivity index (χ4n) is 1.35. The largest absolute Gasteiger partial charge is 0.465 e. The number of hydrogen-bond acceptors (Lipinski definition) is 7. The first-order valence-electron chi connectivity index (χ1n) is 5.21. The number of esters is 1. The second kappa shape index (κ2) is 5.56. The molecular formula is C11H12N4O2S. The van der Waals surface area contributed by atoms with E-state index in [9.17, 15) is 4.79 Å². The third-order valence-corrected chi connectivity index (χ3v) is 3.04. The molecule has 1 heterocycles. The summed E-state index contributed by atoms with van der Waals surface area (Å²) in [6.45, 7) is 0.363. The van der Waals surface area contributed by atoms with Crippen molar-refractivity contribution in [3.05, 3.63) is 34.8 Å². The van der Waals surface area contributed by atoms with E-state index in [1.165, 1.54) is 18.4 Å². The summed E-state index contributed by atoms with van der Waals surface area (Å²) in [4.78, 5) is 11.4. The van der Waals surface area contributed by atoms with Gasteiger partial charge in [-0.2, -0.15) is 0 Å². The van der Waals surface area contributed by atoms with E-state index >= 15 is 0 Å². The van der Waals surface area contributed by atoms with Crippen molar-refractivity contribution < 1.29 is 9.53 Å². The van der Waals surface area contributed by atoms with Crippen molar-refractivity contribution in [3.63, 3.8) is 0 Å². The quantitative estimate of drug-likeness (QED) is 0.814. The van der Waals surface area contributed by atoms with E-state index in [0.29, 0.717) is 17.2 Å². The molecule has 94 valence electrons. The molecule has 0 aliphatic carbocycles. The highest BCUT2D eigenvalue weighted by Crippen LogP contribution is 2.21. The van der Waals surface area contributed by atoms with E-state index in [1.807, 2.05) is 6.07 Å². The maximum Gasteiger partial charge on any atom is 0.337 e. The summed E-state index contributed by atoms with van der Waals surface area (Å²) in [5.74, 6) is -0.376. The molecule has 1 aromatic carbocycles. The van der Waals surface area contributed by atoms with Gasteiger partial charge in [-0.1, -0.05) is 17.4 Å². The van der Waals surface area contributed by atoms with Crippen LogP contribution < -0.4 is 11.1 Å². The summed E-state index contributed by atoms with van der Waals surface area (Å²) in [5, 5.41) is 12.3. The molecule has 2 rings (SSSR count).